The number of aromatic nitrogens is 1. The minimum Gasteiger partial charge on any atom is -0.355 e. The zero-order chi connectivity index (χ0) is 24.1. The third-order valence-corrected chi connectivity index (χ3v) is 5.98. The lowest BCUT2D eigenvalue weighted by Crippen LogP contribution is -2.32. The first kappa shape index (κ1) is 24.7. The summed E-state index contributed by atoms with van der Waals surface area (Å²) in [5, 5.41) is 6.57. The number of rotatable bonds is 8. The Balaban J connectivity index is 2.04. The third kappa shape index (κ3) is 5.89. The number of nitrogens with one attached hydrogen (secondary N) is 2. The first-order chi connectivity index (χ1) is 15.7. The molecular formula is C25H29BrN4O3. The van der Waals surface area contributed by atoms with E-state index in [1.807, 2.05) is 50.2 Å². The van der Waals surface area contributed by atoms with Crippen LogP contribution in [0, 0.1) is 6.92 Å². The van der Waals surface area contributed by atoms with Gasteiger partial charge < -0.3 is 15.5 Å². The fourth-order valence-corrected chi connectivity index (χ4v) is 3.92. The van der Waals surface area contributed by atoms with Crippen molar-refractivity contribution in [1.29, 1.82) is 0 Å². The lowest BCUT2D eigenvalue weighted by Gasteiger charge is -2.11. The smallest absolute Gasteiger partial charge is 0.262 e. The molecule has 0 spiro atoms. The molecule has 0 aliphatic heterocycles. The Hall–Kier alpha value is -2.97. The summed E-state index contributed by atoms with van der Waals surface area (Å²) < 4.78 is 2.53. The van der Waals surface area contributed by atoms with E-state index in [0.29, 0.717) is 35.4 Å². The summed E-state index contributed by atoms with van der Waals surface area (Å²) in [4.78, 5) is 40.0. The predicted octanol–water partition coefficient (Wildman–Crippen LogP) is 3.97. The van der Waals surface area contributed by atoms with E-state index in [-0.39, 0.29) is 24.1 Å². The van der Waals surface area contributed by atoms with Gasteiger partial charge >= 0.3 is 0 Å². The maximum absolute atomic E-state index is 13.4. The number of hydrogen-bond donors (Lipinski definition) is 2. The first-order valence-electron chi connectivity index (χ1n) is 10.9. The van der Waals surface area contributed by atoms with Gasteiger partial charge in [-0.15, -0.1) is 0 Å². The van der Waals surface area contributed by atoms with Crippen LogP contribution in [-0.4, -0.2) is 54.4 Å². The number of nitrogens with zero attached hydrogens (tertiary/aromatic N) is 2. The summed E-state index contributed by atoms with van der Waals surface area (Å²) in [7, 11) is 3.90. The van der Waals surface area contributed by atoms with Crippen LogP contribution in [0.3, 0.4) is 0 Å². The molecule has 3 aromatic rings. The molecule has 1 aromatic heterocycles. The maximum atomic E-state index is 13.4. The zero-order valence-electron chi connectivity index (χ0n) is 19.4. The average molecular weight is 513 g/mol. The van der Waals surface area contributed by atoms with Crippen molar-refractivity contribution in [2.24, 2.45) is 0 Å². The normalized spacial score (nSPS) is 11.1. The Morgan fingerprint density at radius 1 is 1.03 bits per heavy atom. The lowest BCUT2D eigenvalue weighted by molar-refractivity contribution is -0.120. The van der Waals surface area contributed by atoms with Crippen LogP contribution in [0.15, 0.2) is 46.9 Å². The van der Waals surface area contributed by atoms with Gasteiger partial charge in [-0.05, 0) is 69.0 Å². The van der Waals surface area contributed by atoms with Gasteiger partial charge in [0.2, 0.25) is 11.8 Å². The number of likely N-dealkylation sites (N-methyl/N-ethyl adjacent to an activating group) is 1. The quantitative estimate of drug-likeness (QED) is 0.478. The number of benzene rings is 2. The van der Waals surface area contributed by atoms with Crippen LogP contribution in [0.25, 0.3) is 10.9 Å². The molecule has 1 heterocycles. The van der Waals surface area contributed by atoms with E-state index >= 15 is 0 Å². The van der Waals surface area contributed by atoms with Crippen molar-refractivity contribution in [3.63, 3.8) is 0 Å². The summed E-state index contributed by atoms with van der Waals surface area (Å²) in [5.74, 6) is -0.382. The number of carbonyl (C=O) groups is 3. The van der Waals surface area contributed by atoms with Crippen molar-refractivity contribution in [1.82, 2.24) is 14.8 Å². The van der Waals surface area contributed by atoms with Gasteiger partial charge in [0.15, 0.2) is 0 Å². The van der Waals surface area contributed by atoms with Gasteiger partial charge in [-0.1, -0.05) is 22.9 Å². The summed E-state index contributed by atoms with van der Waals surface area (Å²) in [6.45, 7) is 4.92. The molecule has 0 saturated heterocycles. The number of hydrogen-bond acceptors (Lipinski definition) is 4. The molecule has 0 aliphatic carbocycles. The molecule has 0 bridgehead atoms. The van der Waals surface area contributed by atoms with Crippen LogP contribution in [0.2, 0.25) is 0 Å². The molecular weight excluding hydrogens is 484 g/mol. The molecule has 2 N–H and O–H groups in total. The molecule has 0 unspecified atom stereocenters. The van der Waals surface area contributed by atoms with E-state index < -0.39 is 0 Å². The van der Waals surface area contributed by atoms with Crippen molar-refractivity contribution in [2.45, 2.75) is 26.7 Å². The van der Waals surface area contributed by atoms with Crippen LogP contribution >= 0.6 is 15.9 Å². The third-order valence-electron chi connectivity index (χ3n) is 5.45. The van der Waals surface area contributed by atoms with Gasteiger partial charge in [0.05, 0.1) is 11.9 Å². The number of amides is 2. The molecule has 2 amide bonds. The van der Waals surface area contributed by atoms with Gasteiger partial charge in [-0.2, -0.15) is 0 Å². The molecule has 0 aliphatic rings. The average Bonchev–Trinajstić information content (AvgIpc) is 3.04. The van der Waals surface area contributed by atoms with Gasteiger partial charge in [0, 0.05) is 46.3 Å². The van der Waals surface area contributed by atoms with E-state index in [0.717, 1.165) is 22.0 Å². The van der Waals surface area contributed by atoms with E-state index in [1.165, 1.54) is 0 Å². The number of fused-ring (bicyclic) bond motifs is 1. The Kier molecular flexibility index (Phi) is 8.05. The van der Waals surface area contributed by atoms with Crippen LogP contribution in [0.5, 0.6) is 0 Å². The molecule has 3 rings (SSSR count). The van der Waals surface area contributed by atoms with Gasteiger partial charge in [-0.3, -0.25) is 19.0 Å². The van der Waals surface area contributed by atoms with Crippen LogP contribution in [-0.2, 0) is 16.0 Å². The van der Waals surface area contributed by atoms with Gasteiger partial charge in [0.25, 0.3) is 5.91 Å². The van der Waals surface area contributed by atoms with Crippen molar-refractivity contribution in [3.05, 3.63) is 63.8 Å². The zero-order valence-corrected chi connectivity index (χ0v) is 21.0. The highest BCUT2D eigenvalue weighted by molar-refractivity contribution is 9.10. The minimum absolute atomic E-state index is 0.0978. The van der Waals surface area contributed by atoms with Crippen molar-refractivity contribution in [2.75, 3.05) is 32.5 Å². The highest BCUT2D eigenvalue weighted by Crippen LogP contribution is 2.30. The second kappa shape index (κ2) is 10.8. The second-order valence-electron chi connectivity index (χ2n) is 8.18. The Morgan fingerprint density at radius 2 is 1.73 bits per heavy atom. The van der Waals surface area contributed by atoms with Crippen molar-refractivity contribution in [3.8, 4) is 0 Å². The van der Waals surface area contributed by atoms with Crippen molar-refractivity contribution < 1.29 is 14.4 Å². The number of anilines is 1. The highest BCUT2D eigenvalue weighted by atomic mass is 79.9. The van der Waals surface area contributed by atoms with Gasteiger partial charge in [-0.25, -0.2) is 0 Å². The summed E-state index contributed by atoms with van der Waals surface area (Å²) >= 11 is 3.40. The second-order valence-corrected chi connectivity index (χ2v) is 9.09. The van der Waals surface area contributed by atoms with Crippen LogP contribution < -0.4 is 10.6 Å². The molecule has 2 aromatic carbocycles. The van der Waals surface area contributed by atoms with E-state index in [1.54, 1.807) is 29.7 Å². The first-order valence-corrected chi connectivity index (χ1v) is 11.7. The Bertz CT molecular complexity index is 1180. The number of carbonyl (C=O) groups excluding carboxylic acids is 3. The van der Waals surface area contributed by atoms with E-state index in [9.17, 15) is 14.4 Å². The largest absolute Gasteiger partial charge is 0.355 e. The number of halogens is 1. The predicted molar refractivity (Wildman–Crippen MR) is 135 cm³/mol. The van der Waals surface area contributed by atoms with E-state index in [4.69, 9.17) is 0 Å². The molecule has 174 valence electrons. The minimum atomic E-state index is -0.172. The topological polar surface area (TPSA) is 83.4 Å². The molecule has 0 fully saturated rings. The van der Waals surface area contributed by atoms with Crippen molar-refractivity contribution >= 4 is 50.2 Å². The van der Waals surface area contributed by atoms with Crippen LogP contribution in [0.4, 0.5) is 5.69 Å². The Labute approximate surface area is 202 Å². The van der Waals surface area contributed by atoms with Gasteiger partial charge in [0.1, 0.15) is 0 Å². The Morgan fingerprint density at radius 3 is 2.36 bits per heavy atom. The molecule has 33 heavy (non-hydrogen) atoms. The molecule has 0 atom stereocenters. The van der Waals surface area contributed by atoms with E-state index in [2.05, 4.69) is 26.6 Å². The highest BCUT2D eigenvalue weighted by Gasteiger charge is 2.22. The standard InChI is InChI=1S/C25H29BrN4O3/c1-5-23(31)28-19-10-11-22-21(14-19)20(15-24(32)27-12-13-29(3)4)16(2)30(22)25(33)17-6-8-18(26)9-7-17/h6-11,14H,5,12-13,15H2,1-4H3,(H,27,32)(H,28,31). The molecule has 7 nitrogen and oxygen atoms in total. The summed E-state index contributed by atoms with van der Waals surface area (Å²) in [6, 6.07) is 12.6. The van der Waals surface area contributed by atoms with Crippen LogP contribution in [0.1, 0.15) is 35.0 Å². The maximum Gasteiger partial charge on any atom is 0.262 e. The monoisotopic (exact) mass is 512 g/mol. The SMILES string of the molecule is CCC(=O)Nc1ccc2c(c1)c(CC(=O)NCCN(C)C)c(C)n2C(=O)c1ccc(Br)cc1. The summed E-state index contributed by atoms with van der Waals surface area (Å²) in [5.41, 5.74) is 3.36. The molecule has 8 heteroatoms. The molecule has 0 saturated carbocycles. The lowest BCUT2D eigenvalue weighted by atomic mass is 10.1. The molecule has 0 radical (unpaired) electrons. The fraction of sp³-hybridized carbons (Fsp3) is 0.320. The fourth-order valence-electron chi connectivity index (χ4n) is 3.66. The summed E-state index contributed by atoms with van der Waals surface area (Å²) in [6.07, 6.45) is 0.503.